The van der Waals surface area contributed by atoms with Gasteiger partial charge in [0.2, 0.25) is 0 Å². The Balaban J connectivity index is 2.42. The van der Waals surface area contributed by atoms with Gasteiger partial charge in [0.25, 0.3) is 0 Å². The smallest absolute Gasteiger partial charge is 0.0993 e. The van der Waals surface area contributed by atoms with E-state index in [1.807, 2.05) is 0 Å². The minimum Gasteiger partial charge on any atom is -0.387 e. The third-order valence-electron chi connectivity index (χ3n) is 2.23. The molecule has 0 aromatic heterocycles. The van der Waals surface area contributed by atoms with Crippen LogP contribution in [0, 0.1) is 0 Å². The van der Waals surface area contributed by atoms with Crippen molar-refractivity contribution in [2.45, 2.75) is 24.1 Å². The van der Waals surface area contributed by atoms with E-state index >= 15 is 0 Å². The summed E-state index contributed by atoms with van der Waals surface area (Å²) in [4.78, 5) is 0. The van der Waals surface area contributed by atoms with Crippen molar-refractivity contribution in [3.63, 3.8) is 0 Å². The van der Waals surface area contributed by atoms with Gasteiger partial charge in [0, 0.05) is 20.0 Å². The molecule has 12 heavy (non-hydrogen) atoms. The number of nitrogens with two attached hydrogens (primary N) is 2. The Bertz CT molecular complexity index is 152. The van der Waals surface area contributed by atoms with Crippen molar-refractivity contribution >= 4 is 0 Å². The van der Waals surface area contributed by atoms with Crippen LogP contribution in [0.1, 0.15) is 12.8 Å². The van der Waals surface area contributed by atoms with Crippen molar-refractivity contribution in [2.75, 3.05) is 13.7 Å². The summed E-state index contributed by atoms with van der Waals surface area (Å²) in [6.45, 7) is 0.304. The molecular formula is C6H16N4O2. The molecular weight excluding hydrogens is 160 g/mol. The maximum absolute atomic E-state index is 9.69. The second-order valence-electron chi connectivity index (χ2n) is 3.38. The highest BCUT2D eigenvalue weighted by atomic mass is 16.5. The number of aliphatic hydroxyl groups is 1. The van der Waals surface area contributed by atoms with Crippen molar-refractivity contribution in [3.05, 3.63) is 0 Å². The molecule has 0 atom stereocenters. The molecule has 0 saturated heterocycles. The number of rotatable bonds is 4. The summed E-state index contributed by atoms with van der Waals surface area (Å²) in [5, 5.41) is 9.69. The molecule has 6 nitrogen and oxygen atoms in total. The van der Waals surface area contributed by atoms with Crippen LogP contribution in [0.3, 0.4) is 0 Å². The maximum Gasteiger partial charge on any atom is 0.0993 e. The highest BCUT2D eigenvalue weighted by Crippen LogP contribution is 2.38. The average molecular weight is 176 g/mol. The average Bonchev–Trinajstić information content (AvgIpc) is 2.00. The topological polar surface area (TPSA) is 106 Å². The quantitative estimate of drug-likeness (QED) is 0.189. The monoisotopic (exact) mass is 176 g/mol. The van der Waals surface area contributed by atoms with Gasteiger partial charge in [-0.1, -0.05) is 0 Å². The van der Waals surface area contributed by atoms with E-state index in [4.69, 9.17) is 16.4 Å². The molecule has 0 bridgehead atoms. The van der Waals surface area contributed by atoms with Crippen molar-refractivity contribution in [3.8, 4) is 0 Å². The highest BCUT2D eigenvalue weighted by molar-refractivity contribution is 5.06. The van der Waals surface area contributed by atoms with Gasteiger partial charge >= 0.3 is 0 Å². The lowest BCUT2D eigenvalue weighted by atomic mass is 9.71. The summed E-state index contributed by atoms with van der Waals surface area (Å²) in [6.07, 6.45) is 0.891. The van der Waals surface area contributed by atoms with Crippen LogP contribution in [0.4, 0.5) is 0 Å². The normalized spacial score (nSPS) is 25.0. The minimum absolute atomic E-state index is 0.304. The molecule has 0 spiro atoms. The van der Waals surface area contributed by atoms with Crippen molar-refractivity contribution in [2.24, 2.45) is 11.7 Å². The molecule has 7 N–H and O–H groups in total. The zero-order chi connectivity index (χ0) is 9.24. The van der Waals surface area contributed by atoms with Gasteiger partial charge < -0.3 is 9.84 Å². The lowest BCUT2D eigenvalue weighted by Crippen LogP contribution is -2.75. The summed E-state index contributed by atoms with van der Waals surface area (Å²) in [5.74, 6) is 10.5. The van der Waals surface area contributed by atoms with E-state index in [0.29, 0.717) is 19.4 Å². The Morgan fingerprint density at radius 3 is 2.25 bits per heavy atom. The number of methoxy groups -OCH3 is 1. The molecule has 0 aromatic carbocycles. The van der Waals surface area contributed by atoms with Gasteiger partial charge in [0.05, 0.1) is 17.9 Å². The van der Waals surface area contributed by atoms with Crippen LogP contribution < -0.4 is 22.5 Å². The lowest BCUT2D eigenvalue weighted by Gasteiger charge is -2.51. The van der Waals surface area contributed by atoms with Gasteiger partial charge in [-0.05, 0) is 0 Å². The summed E-state index contributed by atoms with van der Waals surface area (Å²) >= 11 is 0. The van der Waals surface area contributed by atoms with Crippen molar-refractivity contribution in [1.82, 2.24) is 10.9 Å². The van der Waals surface area contributed by atoms with E-state index in [1.54, 1.807) is 7.11 Å². The molecule has 72 valence electrons. The first-order valence-corrected chi connectivity index (χ1v) is 3.77. The molecule has 0 unspecified atom stereocenters. The summed E-state index contributed by atoms with van der Waals surface area (Å²) in [7, 11) is 1.55. The van der Waals surface area contributed by atoms with E-state index in [2.05, 4.69) is 10.9 Å². The number of hydrogen-bond donors (Lipinski definition) is 5. The number of ether oxygens (including phenoxy) is 1. The van der Waals surface area contributed by atoms with Crippen LogP contribution in [-0.4, -0.2) is 30.1 Å². The fraction of sp³-hybridized carbons (Fsp3) is 1.00. The lowest BCUT2D eigenvalue weighted by molar-refractivity contribution is -0.146. The fourth-order valence-electron chi connectivity index (χ4n) is 1.69. The molecule has 1 fully saturated rings. The van der Waals surface area contributed by atoms with Crippen LogP contribution >= 0.6 is 0 Å². The molecule has 1 aliphatic carbocycles. The fourth-order valence-corrected chi connectivity index (χ4v) is 1.69. The number of hydrogen-bond acceptors (Lipinski definition) is 6. The van der Waals surface area contributed by atoms with Crippen molar-refractivity contribution in [1.29, 1.82) is 0 Å². The molecule has 1 rings (SSSR count). The van der Waals surface area contributed by atoms with Crippen LogP contribution in [0.15, 0.2) is 0 Å². The third kappa shape index (κ3) is 1.58. The molecule has 6 heteroatoms. The first-order valence-electron chi connectivity index (χ1n) is 3.77. The molecule has 0 radical (unpaired) electrons. The predicted octanol–water partition coefficient (Wildman–Crippen LogP) is -2.22. The second kappa shape index (κ2) is 3.25. The molecule has 0 aromatic rings. The molecule has 0 heterocycles. The summed E-state index contributed by atoms with van der Waals surface area (Å²) in [6, 6.07) is 0. The Kier molecular flexibility index (Phi) is 2.67. The Hall–Kier alpha value is -0.240. The zero-order valence-electron chi connectivity index (χ0n) is 7.13. The van der Waals surface area contributed by atoms with E-state index in [1.165, 1.54) is 0 Å². The van der Waals surface area contributed by atoms with Gasteiger partial charge in [-0.3, -0.25) is 11.7 Å². The van der Waals surface area contributed by atoms with Gasteiger partial charge in [-0.15, -0.1) is 0 Å². The van der Waals surface area contributed by atoms with Gasteiger partial charge in [-0.2, -0.15) is 0 Å². The van der Waals surface area contributed by atoms with Gasteiger partial charge in [-0.25, -0.2) is 10.9 Å². The van der Waals surface area contributed by atoms with Crippen LogP contribution in [0.25, 0.3) is 0 Å². The largest absolute Gasteiger partial charge is 0.387 e. The van der Waals surface area contributed by atoms with Crippen LogP contribution in [0.5, 0.6) is 0 Å². The Labute approximate surface area is 71.2 Å². The first-order chi connectivity index (χ1) is 5.60. The highest BCUT2D eigenvalue weighted by Gasteiger charge is 2.53. The first kappa shape index (κ1) is 9.85. The second-order valence-corrected chi connectivity index (χ2v) is 3.38. The molecule has 0 aliphatic heterocycles. The Morgan fingerprint density at radius 2 is 1.92 bits per heavy atom. The summed E-state index contributed by atoms with van der Waals surface area (Å²) < 4.78 is 4.84. The van der Waals surface area contributed by atoms with E-state index in [-0.39, 0.29) is 0 Å². The van der Waals surface area contributed by atoms with Gasteiger partial charge in [0.1, 0.15) is 0 Å². The third-order valence-corrected chi connectivity index (χ3v) is 2.23. The number of hydrazine groups is 2. The predicted molar refractivity (Wildman–Crippen MR) is 43.4 cm³/mol. The van der Waals surface area contributed by atoms with Crippen LogP contribution in [-0.2, 0) is 4.74 Å². The van der Waals surface area contributed by atoms with Crippen LogP contribution in [0.2, 0.25) is 0 Å². The zero-order valence-corrected chi connectivity index (χ0v) is 7.13. The van der Waals surface area contributed by atoms with Crippen molar-refractivity contribution < 1.29 is 9.84 Å². The molecule has 1 aliphatic rings. The van der Waals surface area contributed by atoms with E-state index in [9.17, 15) is 5.11 Å². The van der Waals surface area contributed by atoms with Gasteiger partial charge in [0.15, 0.2) is 0 Å². The SMILES string of the molecule is COCC1(O)CC(NN)(NN)C1. The molecule has 1 saturated carbocycles. The maximum atomic E-state index is 9.69. The standard InChI is InChI=1S/C6H16N4O2/c1-12-4-5(11)2-6(3-5,9-7)10-8/h9-11H,2-4,7-8H2,1H3. The van der Waals surface area contributed by atoms with E-state index in [0.717, 1.165) is 0 Å². The number of nitrogens with one attached hydrogen (secondary N) is 2. The Morgan fingerprint density at radius 1 is 1.42 bits per heavy atom. The molecule has 0 amide bonds. The minimum atomic E-state index is -0.798. The van der Waals surface area contributed by atoms with E-state index < -0.39 is 11.3 Å². The summed E-state index contributed by atoms with van der Waals surface area (Å²) in [5.41, 5.74) is 3.72.